The van der Waals surface area contributed by atoms with Crippen molar-refractivity contribution in [2.75, 3.05) is 5.32 Å². The van der Waals surface area contributed by atoms with Gasteiger partial charge in [-0.25, -0.2) is 0 Å². The summed E-state index contributed by atoms with van der Waals surface area (Å²) in [6.07, 6.45) is 0. The molecular formula is C15H14BrN3O2. The predicted molar refractivity (Wildman–Crippen MR) is 85.8 cm³/mol. The summed E-state index contributed by atoms with van der Waals surface area (Å²) in [5.74, 6) is -0.334. The van der Waals surface area contributed by atoms with Crippen LogP contribution >= 0.6 is 15.9 Å². The summed E-state index contributed by atoms with van der Waals surface area (Å²) in [4.78, 5) is 12.2. The molecule has 0 fully saturated rings. The van der Waals surface area contributed by atoms with Crippen molar-refractivity contribution < 1.29 is 10.0 Å². The number of nitrogens with zero attached hydrogens (tertiary/aromatic N) is 1. The number of rotatable bonds is 3. The zero-order valence-corrected chi connectivity index (χ0v) is 12.9. The van der Waals surface area contributed by atoms with Gasteiger partial charge in [0, 0.05) is 15.6 Å². The van der Waals surface area contributed by atoms with Crippen LogP contribution in [0.2, 0.25) is 0 Å². The molecule has 0 unspecified atom stereocenters. The maximum absolute atomic E-state index is 12.2. The number of hydrogen-bond donors (Lipinski definition) is 3. The molecule has 0 aliphatic heterocycles. The van der Waals surface area contributed by atoms with Crippen molar-refractivity contribution in [3.8, 4) is 0 Å². The molecule has 2 rings (SSSR count). The quantitative estimate of drug-likeness (QED) is 0.345. The third-order valence-corrected chi connectivity index (χ3v) is 3.42. The highest BCUT2D eigenvalue weighted by Gasteiger charge is 2.12. The number of oxime groups is 1. The van der Waals surface area contributed by atoms with Crippen LogP contribution in [0.25, 0.3) is 0 Å². The van der Waals surface area contributed by atoms with Crippen molar-refractivity contribution in [1.29, 1.82) is 0 Å². The normalized spacial score (nSPS) is 11.2. The van der Waals surface area contributed by atoms with E-state index in [4.69, 9.17) is 10.9 Å². The number of hydrogen-bond acceptors (Lipinski definition) is 3. The Hall–Kier alpha value is -2.34. The molecule has 0 heterocycles. The third kappa shape index (κ3) is 3.61. The molecule has 0 bridgehead atoms. The molecule has 1 amide bonds. The van der Waals surface area contributed by atoms with E-state index in [-0.39, 0.29) is 11.7 Å². The molecule has 6 heteroatoms. The topological polar surface area (TPSA) is 87.7 Å². The van der Waals surface area contributed by atoms with Gasteiger partial charge in [0.05, 0.1) is 5.69 Å². The molecule has 0 spiro atoms. The molecule has 0 aliphatic carbocycles. The Labute approximate surface area is 130 Å². The fourth-order valence-electron chi connectivity index (χ4n) is 1.79. The van der Waals surface area contributed by atoms with Crippen LogP contribution in [0.4, 0.5) is 5.69 Å². The van der Waals surface area contributed by atoms with Crippen molar-refractivity contribution in [3.05, 3.63) is 63.6 Å². The highest BCUT2D eigenvalue weighted by Crippen LogP contribution is 2.21. The van der Waals surface area contributed by atoms with E-state index < -0.39 is 0 Å². The lowest BCUT2D eigenvalue weighted by Gasteiger charge is -2.11. The standard InChI is InChI=1S/C15H14BrN3O2/c1-9-2-4-10(5-3-9)15(20)18-13-7-6-11(16)8-12(13)14(17)19-21/h2-8,21H,1H3,(H2,17,19)(H,18,20). The van der Waals surface area contributed by atoms with Gasteiger partial charge < -0.3 is 16.3 Å². The molecule has 0 aromatic heterocycles. The maximum Gasteiger partial charge on any atom is 0.255 e. The molecule has 0 radical (unpaired) electrons. The van der Waals surface area contributed by atoms with Gasteiger partial charge in [0.25, 0.3) is 5.91 Å². The molecule has 0 aliphatic rings. The van der Waals surface area contributed by atoms with Crippen molar-refractivity contribution in [3.63, 3.8) is 0 Å². The van der Waals surface area contributed by atoms with Crippen LogP contribution in [0.3, 0.4) is 0 Å². The summed E-state index contributed by atoms with van der Waals surface area (Å²) >= 11 is 3.31. The zero-order chi connectivity index (χ0) is 15.4. The minimum absolute atomic E-state index is 0.0736. The maximum atomic E-state index is 12.2. The molecule has 4 N–H and O–H groups in total. The van der Waals surface area contributed by atoms with E-state index in [0.29, 0.717) is 16.8 Å². The second-order valence-electron chi connectivity index (χ2n) is 4.50. The Kier molecular flexibility index (Phi) is 4.59. The predicted octanol–water partition coefficient (Wildman–Crippen LogP) is 3.10. The summed E-state index contributed by atoms with van der Waals surface area (Å²) in [5, 5.41) is 14.6. The van der Waals surface area contributed by atoms with Gasteiger partial charge in [-0.1, -0.05) is 38.8 Å². The molecule has 5 nitrogen and oxygen atoms in total. The average Bonchev–Trinajstić information content (AvgIpc) is 2.48. The van der Waals surface area contributed by atoms with E-state index >= 15 is 0 Å². The number of halogens is 1. The van der Waals surface area contributed by atoms with Crippen molar-refractivity contribution in [2.24, 2.45) is 10.9 Å². The van der Waals surface area contributed by atoms with Gasteiger partial charge in [-0.05, 0) is 37.3 Å². The summed E-state index contributed by atoms with van der Waals surface area (Å²) in [6.45, 7) is 1.95. The van der Waals surface area contributed by atoms with Gasteiger partial charge in [0.1, 0.15) is 0 Å². The van der Waals surface area contributed by atoms with Crippen LogP contribution in [0.1, 0.15) is 21.5 Å². The summed E-state index contributed by atoms with van der Waals surface area (Å²) in [6, 6.07) is 12.3. The molecule has 2 aromatic rings. The van der Waals surface area contributed by atoms with E-state index in [1.165, 1.54) is 0 Å². The fourth-order valence-corrected chi connectivity index (χ4v) is 2.15. The summed E-state index contributed by atoms with van der Waals surface area (Å²) in [7, 11) is 0. The molecule has 0 saturated carbocycles. The van der Waals surface area contributed by atoms with Gasteiger partial charge in [-0.2, -0.15) is 0 Å². The largest absolute Gasteiger partial charge is 0.409 e. The lowest BCUT2D eigenvalue weighted by molar-refractivity contribution is 0.102. The fraction of sp³-hybridized carbons (Fsp3) is 0.0667. The van der Waals surface area contributed by atoms with Gasteiger partial charge in [-0.15, -0.1) is 0 Å². The van der Waals surface area contributed by atoms with Gasteiger partial charge in [0.15, 0.2) is 5.84 Å². The SMILES string of the molecule is Cc1ccc(C(=O)Nc2ccc(Br)cc2/C(N)=N/O)cc1. The van der Waals surface area contributed by atoms with Gasteiger partial charge >= 0.3 is 0 Å². The molecule has 21 heavy (non-hydrogen) atoms. The Morgan fingerprint density at radius 3 is 2.52 bits per heavy atom. The first-order valence-electron chi connectivity index (χ1n) is 6.16. The molecule has 0 atom stereocenters. The lowest BCUT2D eigenvalue weighted by atomic mass is 10.1. The van der Waals surface area contributed by atoms with Crippen LogP contribution < -0.4 is 11.1 Å². The van der Waals surface area contributed by atoms with Crippen molar-refractivity contribution >= 4 is 33.4 Å². The number of benzene rings is 2. The highest BCUT2D eigenvalue weighted by molar-refractivity contribution is 9.10. The van der Waals surface area contributed by atoms with Crippen LogP contribution in [0.5, 0.6) is 0 Å². The molecular weight excluding hydrogens is 334 g/mol. The number of anilines is 1. The first kappa shape index (κ1) is 15.1. The average molecular weight is 348 g/mol. The summed E-state index contributed by atoms with van der Waals surface area (Å²) in [5.41, 5.74) is 8.15. The van der Waals surface area contributed by atoms with E-state index in [9.17, 15) is 4.79 Å². The Bertz CT molecular complexity index is 697. The minimum atomic E-state index is -0.260. The third-order valence-electron chi connectivity index (χ3n) is 2.93. The Morgan fingerprint density at radius 2 is 1.90 bits per heavy atom. The number of carbonyl (C=O) groups is 1. The first-order chi connectivity index (χ1) is 10.0. The van der Waals surface area contributed by atoms with Crippen molar-refractivity contribution in [2.45, 2.75) is 6.92 Å². The van der Waals surface area contributed by atoms with Crippen LogP contribution in [0, 0.1) is 6.92 Å². The lowest BCUT2D eigenvalue weighted by Crippen LogP contribution is -2.19. The van der Waals surface area contributed by atoms with Crippen LogP contribution in [-0.4, -0.2) is 17.0 Å². The minimum Gasteiger partial charge on any atom is -0.409 e. The van der Waals surface area contributed by atoms with Crippen molar-refractivity contribution in [1.82, 2.24) is 0 Å². The number of aryl methyl sites for hydroxylation is 1. The van der Waals surface area contributed by atoms with E-state index in [1.54, 1.807) is 30.3 Å². The number of amides is 1. The second kappa shape index (κ2) is 6.41. The smallest absolute Gasteiger partial charge is 0.255 e. The Balaban J connectivity index is 2.31. The molecule has 2 aromatic carbocycles. The first-order valence-corrected chi connectivity index (χ1v) is 6.96. The Morgan fingerprint density at radius 1 is 1.24 bits per heavy atom. The molecule has 108 valence electrons. The summed E-state index contributed by atoms with van der Waals surface area (Å²) < 4.78 is 0.762. The van der Waals surface area contributed by atoms with Crippen LogP contribution in [0.15, 0.2) is 52.1 Å². The van der Waals surface area contributed by atoms with E-state index in [2.05, 4.69) is 26.4 Å². The highest BCUT2D eigenvalue weighted by atomic mass is 79.9. The second-order valence-corrected chi connectivity index (χ2v) is 5.41. The van der Waals surface area contributed by atoms with Gasteiger partial charge in [0.2, 0.25) is 0 Å². The number of carbonyl (C=O) groups excluding carboxylic acids is 1. The monoisotopic (exact) mass is 347 g/mol. The number of nitrogens with one attached hydrogen (secondary N) is 1. The van der Waals surface area contributed by atoms with E-state index in [0.717, 1.165) is 10.0 Å². The van der Waals surface area contributed by atoms with Gasteiger partial charge in [-0.3, -0.25) is 4.79 Å². The number of nitrogens with two attached hydrogens (primary N) is 1. The number of amidine groups is 1. The molecule has 0 saturated heterocycles. The van der Waals surface area contributed by atoms with Crippen LogP contribution in [-0.2, 0) is 0 Å². The zero-order valence-electron chi connectivity index (χ0n) is 11.3. The van der Waals surface area contributed by atoms with E-state index in [1.807, 2.05) is 19.1 Å².